The molecule has 0 aliphatic rings. The van der Waals surface area contributed by atoms with E-state index in [0.717, 1.165) is 19.0 Å². The highest BCUT2D eigenvalue weighted by Gasteiger charge is 1.97. The van der Waals surface area contributed by atoms with E-state index >= 15 is 0 Å². The van der Waals surface area contributed by atoms with Gasteiger partial charge in [0, 0.05) is 11.4 Å². The number of thioether (sulfide) groups is 1. The molecule has 0 atom stereocenters. The summed E-state index contributed by atoms with van der Waals surface area (Å²) in [5, 5.41) is 3.42. The molecule has 0 bridgehead atoms. The Labute approximate surface area is 110 Å². The fraction of sp³-hybridized carbons (Fsp3) is 0.600. The number of hydrogen-bond acceptors (Lipinski definition) is 2. The van der Waals surface area contributed by atoms with Crippen molar-refractivity contribution < 1.29 is 0 Å². The molecule has 0 aliphatic heterocycles. The molecule has 1 nitrogen and oxygen atoms in total. The van der Waals surface area contributed by atoms with Crippen molar-refractivity contribution in [2.45, 2.75) is 45.1 Å². The van der Waals surface area contributed by atoms with Crippen LogP contribution in [0.4, 0.5) is 0 Å². The van der Waals surface area contributed by atoms with Crippen LogP contribution < -0.4 is 5.32 Å². The van der Waals surface area contributed by atoms with Crippen LogP contribution in [0.25, 0.3) is 0 Å². The van der Waals surface area contributed by atoms with E-state index in [0.29, 0.717) is 0 Å². The van der Waals surface area contributed by atoms with Crippen molar-refractivity contribution in [2.75, 3.05) is 12.3 Å². The van der Waals surface area contributed by atoms with Crippen LogP contribution in [-0.2, 0) is 6.54 Å². The molecule has 1 rings (SSSR count). The van der Waals surface area contributed by atoms with Crippen LogP contribution in [0.3, 0.4) is 0 Å². The van der Waals surface area contributed by atoms with Crippen molar-refractivity contribution in [1.82, 2.24) is 5.32 Å². The summed E-state index contributed by atoms with van der Waals surface area (Å²) in [6, 6.07) is 8.96. The van der Waals surface area contributed by atoms with E-state index in [1.165, 1.54) is 29.1 Å². The number of benzene rings is 1. The van der Waals surface area contributed by atoms with E-state index < -0.39 is 0 Å². The van der Waals surface area contributed by atoms with Crippen LogP contribution in [0, 0.1) is 5.92 Å². The topological polar surface area (TPSA) is 12.0 Å². The SMILES string of the molecule is CCCNCc1ccc(SCCC(C)C)cc1. The summed E-state index contributed by atoms with van der Waals surface area (Å²) in [4.78, 5) is 1.39. The van der Waals surface area contributed by atoms with E-state index in [1.54, 1.807) is 0 Å². The predicted molar refractivity (Wildman–Crippen MR) is 78.6 cm³/mol. The molecule has 0 saturated carbocycles. The molecule has 1 aromatic carbocycles. The first-order valence-electron chi connectivity index (χ1n) is 6.64. The van der Waals surface area contributed by atoms with E-state index in [9.17, 15) is 0 Å². The Hall–Kier alpha value is -0.470. The van der Waals surface area contributed by atoms with Crippen LogP contribution in [0.1, 0.15) is 39.2 Å². The molecule has 1 aromatic rings. The number of rotatable bonds is 8. The second-order valence-electron chi connectivity index (χ2n) is 4.85. The van der Waals surface area contributed by atoms with Gasteiger partial charge in [0.25, 0.3) is 0 Å². The van der Waals surface area contributed by atoms with Gasteiger partial charge in [-0.1, -0.05) is 32.9 Å². The number of hydrogen-bond donors (Lipinski definition) is 1. The Bertz CT molecular complexity index is 292. The summed E-state index contributed by atoms with van der Waals surface area (Å²) in [6.45, 7) is 8.85. The quantitative estimate of drug-likeness (QED) is 0.545. The Balaban J connectivity index is 2.29. The molecule has 0 spiro atoms. The third kappa shape index (κ3) is 6.75. The highest BCUT2D eigenvalue weighted by Crippen LogP contribution is 2.20. The minimum Gasteiger partial charge on any atom is -0.313 e. The lowest BCUT2D eigenvalue weighted by atomic mass is 10.2. The Kier molecular flexibility index (Phi) is 7.38. The van der Waals surface area contributed by atoms with Gasteiger partial charge in [0.1, 0.15) is 0 Å². The standard InChI is InChI=1S/C15H25NS/c1-4-10-16-12-14-5-7-15(8-6-14)17-11-9-13(2)3/h5-8,13,16H,4,9-12H2,1-3H3. The van der Waals surface area contributed by atoms with E-state index in [4.69, 9.17) is 0 Å². The second kappa shape index (κ2) is 8.60. The molecule has 1 N–H and O–H groups in total. The fourth-order valence-corrected chi connectivity index (χ4v) is 2.68. The van der Waals surface area contributed by atoms with Crippen molar-refractivity contribution in [3.05, 3.63) is 29.8 Å². The van der Waals surface area contributed by atoms with Gasteiger partial charge >= 0.3 is 0 Å². The van der Waals surface area contributed by atoms with Crippen molar-refractivity contribution in [3.63, 3.8) is 0 Å². The average molecular weight is 251 g/mol. The zero-order valence-electron chi connectivity index (χ0n) is 11.3. The van der Waals surface area contributed by atoms with Crippen molar-refractivity contribution in [2.24, 2.45) is 5.92 Å². The fourth-order valence-electron chi connectivity index (χ4n) is 1.53. The zero-order valence-corrected chi connectivity index (χ0v) is 12.1. The van der Waals surface area contributed by atoms with Crippen LogP contribution in [0.15, 0.2) is 29.2 Å². The van der Waals surface area contributed by atoms with Crippen LogP contribution in [-0.4, -0.2) is 12.3 Å². The average Bonchev–Trinajstić information content (AvgIpc) is 2.31. The van der Waals surface area contributed by atoms with E-state index in [1.807, 2.05) is 11.8 Å². The molecule has 2 heteroatoms. The minimum atomic E-state index is 0.806. The monoisotopic (exact) mass is 251 g/mol. The van der Waals surface area contributed by atoms with Crippen LogP contribution >= 0.6 is 11.8 Å². The third-order valence-electron chi connectivity index (χ3n) is 2.64. The van der Waals surface area contributed by atoms with E-state index in [2.05, 4.69) is 50.4 Å². The predicted octanol–water partition coefficient (Wildman–Crippen LogP) is 4.32. The molecule has 0 heterocycles. The molecule has 0 aromatic heterocycles. The van der Waals surface area contributed by atoms with Gasteiger partial charge in [-0.2, -0.15) is 0 Å². The summed E-state index contributed by atoms with van der Waals surface area (Å²) >= 11 is 1.97. The van der Waals surface area contributed by atoms with Crippen molar-refractivity contribution in [1.29, 1.82) is 0 Å². The lowest BCUT2D eigenvalue weighted by Gasteiger charge is -2.06. The van der Waals surface area contributed by atoms with Crippen LogP contribution in [0.5, 0.6) is 0 Å². The van der Waals surface area contributed by atoms with Gasteiger partial charge in [0.05, 0.1) is 0 Å². The summed E-state index contributed by atoms with van der Waals surface area (Å²) in [5.41, 5.74) is 1.38. The molecule has 0 saturated heterocycles. The normalized spacial score (nSPS) is 11.1. The minimum absolute atomic E-state index is 0.806. The Morgan fingerprint density at radius 2 is 1.88 bits per heavy atom. The molecule has 96 valence electrons. The highest BCUT2D eigenvalue weighted by molar-refractivity contribution is 7.99. The smallest absolute Gasteiger partial charge is 0.0205 e. The van der Waals surface area contributed by atoms with Crippen molar-refractivity contribution in [3.8, 4) is 0 Å². The maximum Gasteiger partial charge on any atom is 0.0205 e. The summed E-state index contributed by atoms with van der Waals surface area (Å²) in [5.74, 6) is 2.03. The van der Waals surface area contributed by atoms with Gasteiger partial charge in [-0.3, -0.25) is 0 Å². The molecule has 0 aliphatic carbocycles. The molecule has 0 fully saturated rings. The molecule has 0 amide bonds. The summed E-state index contributed by atoms with van der Waals surface area (Å²) in [7, 11) is 0. The lowest BCUT2D eigenvalue weighted by Crippen LogP contribution is -2.13. The lowest BCUT2D eigenvalue weighted by molar-refractivity contribution is 0.632. The molecular formula is C15H25NS. The zero-order chi connectivity index (χ0) is 12.5. The Morgan fingerprint density at radius 3 is 2.47 bits per heavy atom. The highest BCUT2D eigenvalue weighted by atomic mass is 32.2. The summed E-state index contributed by atoms with van der Waals surface area (Å²) < 4.78 is 0. The first-order chi connectivity index (χ1) is 8.22. The number of nitrogens with one attached hydrogen (secondary N) is 1. The maximum absolute atomic E-state index is 3.42. The van der Waals surface area contributed by atoms with Gasteiger partial charge in [0.15, 0.2) is 0 Å². The van der Waals surface area contributed by atoms with Gasteiger partial charge in [-0.15, -0.1) is 11.8 Å². The van der Waals surface area contributed by atoms with Gasteiger partial charge < -0.3 is 5.32 Å². The van der Waals surface area contributed by atoms with Gasteiger partial charge in [0.2, 0.25) is 0 Å². The largest absolute Gasteiger partial charge is 0.313 e. The molecule has 17 heavy (non-hydrogen) atoms. The van der Waals surface area contributed by atoms with Gasteiger partial charge in [-0.05, 0) is 48.8 Å². The molecule has 0 unspecified atom stereocenters. The van der Waals surface area contributed by atoms with Gasteiger partial charge in [-0.25, -0.2) is 0 Å². The van der Waals surface area contributed by atoms with Crippen molar-refractivity contribution >= 4 is 11.8 Å². The van der Waals surface area contributed by atoms with E-state index in [-0.39, 0.29) is 0 Å². The summed E-state index contributed by atoms with van der Waals surface area (Å²) in [6.07, 6.45) is 2.49. The maximum atomic E-state index is 3.42. The molecule has 0 radical (unpaired) electrons. The Morgan fingerprint density at radius 1 is 1.18 bits per heavy atom. The third-order valence-corrected chi connectivity index (χ3v) is 3.69. The first kappa shape index (κ1) is 14.6. The first-order valence-corrected chi connectivity index (χ1v) is 7.63. The second-order valence-corrected chi connectivity index (χ2v) is 6.02. The molecular weight excluding hydrogens is 226 g/mol. The van der Waals surface area contributed by atoms with Crippen LogP contribution in [0.2, 0.25) is 0 Å².